The molecular weight excluding hydrogens is 375 g/mol. The molecule has 134 valence electrons. The van der Waals surface area contributed by atoms with Crippen LogP contribution in [0.4, 0.5) is 0 Å². The lowest BCUT2D eigenvalue weighted by Crippen LogP contribution is -2.22. The van der Waals surface area contributed by atoms with Gasteiger partial charge in [0.15, 0.2) is 0 Å². The van der Waals surface area contributed by atoms with E-state index in [0.717, 1.165) is 11.1 Å². The number of nitrogens with one attached hydrogen (secondary N) is 2. The van der Waals surface area contributed by atoms with Crippen molar-refractivity contribution >= 4 is 47.4 Å². The third kappa shape index (κ3) is 7.46. The maximum absolute atomic E-state index is 11.6. The highest BCUT2D eigenvalue weighted by molar-refractivity contribution is 6.30. The van der Waals surface area contributed by atoms with Gasteiger partial charge in [0.05, 0.1) is 12.4 Å². The first-order valence-corrected chi connectivity index (χ1v) is 8.43. The Morgan fingerprint density at radius 2 is 1.08 bits per heavy atom. The Labute approximate surface area is 160 Å². The molecule has 0 radical (unpaired) electrons. The van der Waals surface area contributed by atoms with Crippen molar-refractivity contribution in [1.82, 2.24) is 10.9 Å². The summed E-state index contributed by atoms with van der Waals surface area (Å²) in [4.78, 5) is 23.3. The lowest BCUT2D eigenvalue weighted by Gasteiger charge is -2.00. The first-order chi connectivity index (χ1) is 12.5. The second-order valence-electron chi connectivity index (χ2n) is 5.19. The summed E-state index contributed by atoms with van der Waals surface area (Å²) >= 11 is 11.6. The molecule has 0 bridgehead atoms. The van der Waals surface area contributed by atoms with Crippen molar-refractivity contribution in [2.75, 3.05) is 0 Å². The number of amides is 2. The summed E-state index contributed by atoms with van der Waals surface area (Å²) in [5.74, 6) is -0.737. The van der Waals surface area contributed by atoms with E-state index in [-0.39, 0.29) is 24.7 Å². The lowest BCUT2D eigenvalue weighted by molar-refractivity contribution is -0.126. The number of hydrazone groups is 2. The average Bonchev–Trinajstić information content (AvgIpc) is 2.63. The van der Waals surface area contributed by atoms with E-state index in [1.807, 2.05) is 0 Å². The standard InChI is InChI=1S/C18H16Cl2N4O2/c19-15-5-1-13(2-6-15)11-21-23-17(25)9-10-18(26)24-22-12-14-3-7-16(20)8-4-14/h1-8,11-12H,9-10H2,(H,23,25)(H,24,26)/b21-11-,22-12+. The summed E-state index contributed by atoms with van der Waals surface area (Å²) in [5, 5.41) is 8.88. The minimum Gasteiger partial charge on any atom is -0.273 e. The average molecular weight is 391 g/mol. The van der Waals surface area contributed by atoms with Crippen LogP contribution in [0.2, 0.25) is 10.0 Å². The number of hydrogen-bond donors (Lipinski definition) is 2. The van der Waals surface area contributed by atoms with Crippen LogP contribution in [0.25, 0.3) is 0 Å². The van der Waals surface area contributed by atoms with Gasteiger partial charge in [-0.05, 0) is 35.4 Å². The highest BCUT2D eigenvalue weighted by Gasteiger charge is 2.05. The molecule has 0 saturated heterocycles. The van der Waals surface area contributed by atoms with Gasteiger partial charge in [-0.1, -0.05) is 47.5 Å². The number of nitrogens with zero attached hydrogens (tertiary/aromatic N) is 2. The van der Waals surface area contributed by atoms with Crippen molar-refractivity contribution in [2.24, 2.45) is 10.2 Å². The van der Waals surface area contributed by atoms with Gasteiger partial charge in [0, 0.05) is 22.9 Å². The Morgan fingerprint density at radius 1 is 0.731 bits per heavy atom. The number of hydrogen-bond acceptors (Lipinski definition) is 4. The zero-order valence-corrected chi connectivity index (χ0v) is 15.2. The molecule has 6 nitrogen and oxygen atoms in total. The van der Waals surface area contributed by atoms with Crippen LogP contribution in [0.1, 0.15) is 24.0 Å². The normalized spacial score (nSPS) is 11.0. The fourth-order valence-corrected chi connectivity index (χ4v) is 2.05. The van der Waals surface area contributed by atoms with Gasteiger partial charge < -0.3 is 0 Å². The Bertz CT molecular complexity index is 733. The molecule has 2 rings (SSSR count). The number of carbonyl (C=O) groups excluding carboxylic acids is 2. The fourth-order valence-electron chi connectivity index (χ4n) is 1.79. The van der Waals surface area contributed by atoms with Crippen LogP contribution >= 0.6 is 23.2 Å². The van der Waals surface area contributed by atoms with Crippen molar-refractivity contribution in [3.05, 3.63) is 69.7 Å². The molecule has 0 aliphatic heterocycles. The monoisotopic (exact) mass is 390 g/mol. The van der Waals surface area contributed by atoms with Gasteiger partial charge in [-0.2, -0.15) is 10.2 Å². The summed E-state index contributed by atoms with van der Waals surface area (Å²) in [5.41, 5.74) is 6.30. The molecule has 2 aromatic rings. The predicted octanol–water partition coefficient (Wildman–Crippen LogP) is 3.37. The van der Waals surface area contributed by atoms with Gasteiger partial charge in [0.25, 0.3) is 0 Å². The van der Waals surface area contributed by atoms with E-state index in [4.69, 9.17) is 23.2 Å². The van der Waals surface area contributed by atoms with Gasteiger partial charge >= 0.3 is 0 Å². The van der Waals surface area contributed by atoms with Crippen LogP contribution in [-0.2, 0) is 9.59 Å². The molecule has 2 N–H and O–H groups in total. The van der Waals surface area contributed by atoms with E-state index in [0.29, 0.717) is 10.0 Å². The molecule has 0 unspecified atom stereocenters. The summed E-state index contributed by atoms with van der Waals surface area (Å²) in [6.45, 7) is 0. The van der Waals surface area contributed by atoms with Crippen LogP contribution in [0.3, 0.4) is 0 Å². The van der Waals surface area contributed by atoms with Crippen molar-refractivity contribution in [1.29, 1.82) is 0 Å². The van der Waals surface area contributed by atoms with Crippen molar-refractivity contribution in [3.63, 3.8) is 0 Å². The van der Waals surface area contributed by atoms with E-state index < -0.39 is 0 Å². The minimum atomic E-state index is -0.368. The molecule has 0 aliphatic carbocycles. The molecule has 0 aromatic heterocycles. The summed E-state index contributed by atoms with van der Waals surface area (Å²) in [7, 11) is 0. The van der Waals surface area contributed by atoms with Gasteiger partial charge in [-0.25, -0.2) is 10.9 Å². The molecular formula is C18H16Cl2N4O2. The van der Waals surface area contributed by atoms with E-state index >= 15 is 0 Å². The van der Waals surface area contributed by atoms with E-state index in [2.05, 4.69) is 21.1 Å². The molecule has 8 heteroatoms. The van der Waals surface area contributed by atoms with Gasteiger partial charge in [0.2, 0.25) is 11.8 Å². The molecule has 0 atom stereocenters. The van der Waals surface area contributed by atoms with Crippen LogP contribution in [0.5, 0.6) is 0 Å². The highest BCUT2D eigenvalue weighted by Crippen LogP contribution is 2.08. The van der Waals surface area contributed by atoms with Crippen LogP contribution < -0.4 is 10.9 Å². The van der Waals surface area contributed by atoms with Crippen molar-refractivity contribution < 1.29 is 9.59 Å². The van der Waals surface area contributed by atoms with Gasteiger partial charge in [-0.3, -0.25) is 9.59 Å². The zero-order valence-electron chi connectivity index (χ0n) is 13.7. The second kappa shape index (κ2) is 10.3. The maximum Gasteiger partial charge on any atom is 0.240 e. The number of carbonyl (C=O) groups is 2. The molecule has 0 saturated carbocycles. The first-order valence-electron chi connectivity index (χ1n) is 7.68. The van der Waals surface area contributed by atoms with Crippen LogP contribution in [0.15, 0.2) is 58.7 Å². The molecule has 2 amide bonds. The number of halogens is 2. The van der Waals surface area contributed by atoms with Crippen molar-refractivity contribution in [3.8, 4) is 0 Å². The maximum atomic E-state index is 11.6. The number of rotatable bonds is 7. The van der Waals surface area contributed by atoms with Crippen molar-refractivity contribution in [2.45, 2.75) is 12.8 Å². The van der Waals surface area contributed by atoms with Crippen LogP contribution in [0, 0.1) is 0 Å². The van der Waals surface area contributed by atoms with E-state index in [1.165, 1.54) is 12.4 Å². The Balaban J connectivity index is 1.67. The summed E-state index contributed by atoms with van der Waals surface area (Å²) in [6.07, 6.45) is 2.98. The van der Waals surface area contributed by atoms with E-state index in [9.17, 15) is 9.59 Å². The topological polar surface area (TPSA) is 82.9 Å². The molecule has 0 heterocycles. The SMILES string of the molecule is O=C(CCC(=O)N/N=C/c1ccc(Cl)cc1)N/N=C\c1ccc(Cl)cc1. The predicted molar refractivity (Wildman–Crippen MR) is 104 cm³/mol. The molecule has 26 heavy (non-hydrogen) atoms. The van der Waals surface area contributed by atoms with E-state index in [1.54, 1.807) is 48.5 Å². The Morgan fingerprint density at radius 3 is 1.42 bits per heavy atom. The second-order valence-corrected chi connectivity index (χ2v) is 6.06. The van der Waals surface area contributed by atoms with Crippen LogP contribution in [-0.4, -0.2) is 24.2 Å². The lowest BCUT2D eigenvalue weighted by atomic mass is 10.2. The zero-order chi connectivity index (χ0) is 18.8. The summed E-state index contributed by atoms with van der Waals surface area (Å²) in [6, 6.07) is 14.0. The van der Waals surface area contributed by atoms with Gasteiger partial charge in [-0.15, -0.1) is 0 Å². The smallest absolute Gasteiger partial charge is 0.240 e. The molecule has 0 spiro atoms. The van der Waals surface area contributed by atoms with Gasteiger partial charge in [0.1, 0.15) is 0 Å². The largest absolute Gasteiger partial charge is 0.273 e. The first kappa shape index (κ1) is 19.6. The molecule has 0 aliphatic rings. The summed E-state index contributed by atoms with van der Waals surface area (Å²) < 4.78 is 0. The highest BCUT2D eigenvalue weighted by atomic mass is 35.5. The number of benzene rings is 2. The molecule has 2 aromatic carbocycles. The Hall–Kier alpha value is -2.70. The quantitative estimate of drug-likeness (QED) is 0.560. The molecule has 0 fully saturated rings. The third-order valence-electron chi connectivity index (χ3n) is 3.12. The Kier molecular flexibility index (Phi) is 7.79. The third-order valence-corrected chi connectivity index (χ3v) is 3.63. The minimum absolute atomic E-state index is 0.000254. The fraction of sp³-hybridized carbons (Fsp3) is 0.111.